The first-order valence-corrected chi connectivity index (χ1v) is 7.48. The number of likely N-dealkylation sites (tertiary alicyclic amines) is 1. The Kier molecular flexibility index (Phi) is 5.41. The fraction of sp³-hybridized carbons (Fsp3) is 0.562. The molecule has 2 rings (SSSR count). The zero-order valence-electron chi connectivity index (χ0n) is 12.4. The summed E-state index contributed by atoms with van der Waals surface area (Å²) in [7, 11) is 0. The van der Waals surface area contributed by atoms with Crippen molar-refractivity contribution in [1.29, 1.82) is 0 Å². The van der Waals surface area contributed by atoms with E-state index in [2.05, 4.69) is 10.2 Å². The molecular formula is C16H24N2O2. The average Bonchev–Trinajstić information content (AvgIpc) is 2.49. The van der Waals surface area contributed by atoms with Crippen LogP contribution in [0.5, 0.6) is 5.75 Å². The minimum absolute atomic E-state index is 0.0658. The molecule has 4 heteroatoms. The highest BCUT2D eigenvalue weighted by atomic mass is 16.5. The molecule has 20 heavy (non-hydrogen) atoms. The SMILES string of the molecule is CCOc1ccc(NC(=O)[C@@H](C)N2CCCCC2)cc1. The first-order chi connectivity index (χ1) is 9.70. The van der Waals surface area contributed by atoms with Crippen LogP contribution in [0, 0.1) is 0 Å². The van der Waals surface area contributed by atoms with Crippen LogP contribution >= 0.6 is 0 Å². The van der Waals surface area contributed by atoms with Crippen molar-refractivity contribution < 1.29 is 9.53 Å². The molecule has 0 aliphatic carbocycles. The maximum atomic E-state index is 12.2. The number of anilines is 1. The van der Waals surface area contributed by atoms with E-state index in [4.69, 9.17) is 4.74 Å². The van der Waals surface area contributed by atoms with E-state index in [0.717, 1.165) is 24.5 Å². The van der Waals surface area contributed by atoms with Gasteiger partial charge in [0.05, 0.1) is 12.6 Å². The van der Waals surface area contributed by atoms with Crippen LogP contribution in [0.4, 0.5) is 5.69 Å². The largest absolute Gasteiger partial charge is 0.494 e. The quantitative estimate of drug-likeness (QED) is 0.899. The number of benzene rings is 1. The molecule has 4 nitrogen and oxygen atoms in total. The van der Waals surface area contributed by atoms with Gasteiger partial charge in [0.1, 0.15) is 5.75 Å². The summed E-state index contributed by atoms with van der Waals surface area (Å²) in [6.45, 7) is 6.64. The number of nitrogens with one attached hydrogen (secondary N) is 1. The van der Waals surface area contributed by atoms with Gasteiger partial charge in [0.2, 0.25) is 5.91 Å². The monoisotopic (exact) mass is 276 g/mol. The van der Waals surface area contributed by atoms with Crippen LogP contribution in [0.15, 0.2) is 24.3 Å². The van der Waals surface area contributed by atoms with Crippen LogP contribution in [-0.4, -0.2) is 36.5 Å². The van der Waals surface area contributed by atoms with Crippen molar-refractivity contribution in [3.63, 3.8) is 0 Å². The molecule has 0 unspecified atom stereocenters. The van der Waals surface area contributed by atoms with E-state index in [1.165, 1.54) is 19.3 Å². The van der Waals surface area contributed by atoms with E-state index in [-0.39, 0.29) is 11.9 Å². The third-order valence-electron chi connectivity index (χ3n) is 3.75. The van der Waals surface area contributed by atoms with Crippen molar-refractivity contribution in [2.24, 2.45) is 0 Å². The summed E-state index contributed by atoms with van der Waals surface area (Å²) in [5.41, 5.74) is 0.822. The molecule has 0 radical (unpaired) electrons. The van der Waals surface area contributed by atoms with Crippen molar-refractivity contribution >= 4 is 11.6 Å². The van der Waals surface area contributed by atoms with Gasteiger partial charge < -0.3 is 10.1 Å². The standard InChI is InChI=1S/C16H24N2O2/c1-3-20-15-9-7-14(8-10-15)17-16(19)13(2)18-11-5-4-6-12-18/h7-10,13H,3-6,11-12H2,1-2H3,(H,17,19)/t13-/m1/s1. The number of rotatable bonds is 5. The lowest BCUT2D eigenvalue weighted by Gasteiger charge is -2.31. The van der Waals surface area contributed by atoms with E-state index in [1.807, 2.05) is 38.1 Å². The summed E-state index contributed by atoms with van der Waals surface area (Å²) < 4.78 is 5.39. The molecule has 1 aliphatic rings. The number of piperidine rings is 1. The molecule has 0 aromatic heterocycles. The third-order valence-corrected chi connectivity index (χ3v) is 3.75. The zero-order valence-corrected chi connectivity index (χ0v) is 12.4. The van der Waals surface area contributed by atoms with Gasteiger partial charge in [0.15, 0.2) is 0 Å². The van der Waals surface area contributed by atoms with Crippen LogP contribution in [0.25, 0.3) is 0 Å². The number of hydrogen-bond acceptors (Lipinski definition) is 3. The Morgan fingerprint density at radius 3 is 2.50 bits per heavy atom. The number of amides is 1. The molecule has 1 aliphatic heterocycles. The van der Waals surface area contributed by atoms with Gasteiger partial charge in [-0.05, 0) is 64.0 Å². The number of nitrogens with zero attached hydrogens (tertiary/aromatic N) is 1. The maximum absolute atomic E-state index is 12.2. The molecule has 1 aromatic carbocycles. The van der Waals surface area contributed by atoms with Crippen LogP contribution in [0.1, 0.15) is 33.1 Å². The van der Waals surface area contributed by atoms with Crippen molar-refractivity contribution in [2.75, 3.05) is 25.0 Å². The highest BCUT2D eigenvalue weighted by molar-refractivity contribution is 5.94. The summed E-state index contributed by atoms with van der Waals surface area (Å²) in [6.07, 6.45) is 3.67. The highest BCUT2D eigenvalue weighted by Gasteiger charge is 2.22. The normalized spacial score (nSPS) is 17.5. The average molecular weight is 276 g/mol. The van der Waals surface area contributed by atoms with E-state index in [0.29, 0.717) is 6.61 Å². The van der Waals surface area contributed by atoms with Gasteiger partial charge >= 0.3 is 0 Å². The number of carbonyl (C=O) groups is 1. The highest BCUT2D eigenvalue weighted by Crippen LogP contribution is 2.17. The predicted octanol–water partition coefficient (Wildman–Crippen LogP) is 2.90. The summed E-state index contributed by atoms with van der Waals surface area (Å²) >= 11 is 0. The fourth-order valence-electron chi connectivity index (χ4n) is 2.52. The topological polar surface area (TPSA) is 41.6 Å². The van der Waals surface area contributed by atoms with Crippen molar-refractivity contribution in [2.45, 2.75) is 39.2 Å². The second kappa shape index (κ2) is 7.29. The molecule has 1 atom stereocenters. The molecule has 110 valence electrons. The smallest absolute Gasteiger partial charge is 0.241 e. The summed E-state index contributed by atoms with van der Waals surface area (Å²) in [5.74, 6) is 0.894. The Morgan fingerprint density at radius 2 is 1.90 bits per heavy atom. The molecule has 0 saturated carbocycles. The Labute approximate surface area is 121 Å². The van der Waals surface area contributed by atoms with Gasteiger partial charge in [0, 0.05) is 5.69 Å². The molecule has 1 amide bonds. The van der Waals surface area contributed by atoms with Gasteiger partial charge in [-0.15, -0.1) is 0 Å². The van der Waals surface area contributed by atoms with Crippen LogP contribution in [0.2, 0.25) is 0 Å². The summed E-state index contributed by atoms with van der Waals surface area (Å²) in [6, 6.07) is 7.45. The van der Waals surface area contributed by atoms with Gasteiger partial charge in [-0.2, -0.15) is 0 Å². The molecule has 1 N–H and O–H groups in total. The van der Waals surface area contributed by atoms with Crippen molar-refractivity contribution in [3.05, 3.63) is 24.3 Å². The molecule has 0 bridgehead atoms. The zero-order chi connectivity index (χ0) is 14.4. The van der Waals surface area contributed by atoms with Gasteiger partial charge in [-0.1, -0.05) is 6.42 Å². The molecule has 1 heterocycles. The minimum Gasteiger partial charge on any atom is -0.494 e. The van der Waals surface area contributed by atoms with Crippen LogP contribution in [-0.2, 0) is 4.79 Å². The van der Waals surface area contributed by atoms with Gasteiger partial charge in [-0.3, -0.25) is 9.69 Å². The maximum Gasteiger partial charge on any atom is 0.241 e. The van der Waals surface area contributed by atoms with E-state index >= 15 is 0 Å². The molecular weight excluding hydrogens is 252 g/mol. The molecule has 1 aromatic rings. The van der Waals surface area contributed by atoms with Crippen LogP contribution in [0.3, 0.4) is 0 Å². The lowest BCUT2D eigenvalue weighted by molar-refractivity contribution is -0.121. The Hall–Kier alpha value is -1.55. The Balaban J connectivity index is 1.89. The van der Waals surface area contributed by atoms with Crippen molar-refractivity contribution in [1.82, 2.24) is 4.90 Å². The van der Waals surface area contributed by atoms with Gasteiger partial charge in [-0.25, -0.2) is 0 Å². The lowest BCUT2D eigenvalue weighted by atomic mass is 10.1. The Bertz CT molecular complexity index is 425. The Morgan fingerprint density at radius 1 is 1.25 bits per heavy atom. The molecule has 0 spiro atoms. The predicted molar refractivity (Wildman–Crippen MR) is 81.1 cm³/mol. The second-order valence-corrected chi connectivity index (χ2v) is 5.22. The third kappa shape index (κ3) is 3.97. The number of ether oxygens (including phenoxy) is 1. The summed E-state index contributed by atoms with van der Waals surface area (Å²) in [5, 5.41) is 2.97. The first-order valence-electron chi connectivity index (χ1n) is 7.48. The number of hydrogen-bond donors (Lipinski definition) is 1. The fourth-order valence-corrected chi connectivity index (χ4v) is 2.52. The van der Waals surface area contributed by atoms with E-state index in [1.54, 1.807) is 0 Å². The first kappa shape index (κ1) is 14.9. The number of carbonyl (C=O) groups excluding carboxylic acids is 1. The second-order valence-electron chi connectivity index (χ2n) is 5.22. The minimum atomic E-state index is -0.0677. The molecule has 1 fully saturated rings. The summed E-state index contributed by atoms with van der Waals surface area (Å²) in [4.78, 5) is 14.5. The van der Waals surface area contributed by atoms with Crippen LogP contribution < -0.4 is 10.1 Å². The van der Waals surface area contributed by atoms with Gasteiger partial charge in [0.25, 0.3) is 0 Å². The van der Waals surface area contributed by atoms with Crippen molar-refractivity contribution in [3.8, 4) is 5.75 Å². The van der Waals surface area contributed by atoms with E-state index in [9.17, 15) is 4.79 Å². The van der Waals surface area contributed by atoms with E-state index < -0.39 is 0 Å². The molecule has 1 saturated heterocycles. The lowest BCUT2D eigenvalue weighted by Crippen LogP contribution is -2.44.